The number of benzene rings is 2. The molecule has 0 unspecified atom stereocenters. The summed E-state index contributed by atoms with van der Waals surface area (Å²) in [6, 6.07) is 8.97. The number of anilines is 1. The molecule has 2 aromatic rings. The second-order valence-electron chi connectivity index (χ2n) is 6.90. The zero-order valence-corrected chi connectivity index (χ0v) is 18.7. The van der Waals surface area contributed by atoms with E-state index < -0.39 is 35.3 Å². The van der Waals surface area contributed by atoms with E-state index in [1.54, 1.807) is 24.3 Å². The van der Waals surface area contributed by atoms with Gasteiger partial charge in [0.2, 0.25) is 5.91 Å². The molecule has 1 aliphatic rings. The average Bonchev–Trinajstić information content (AvgIpc) is 3.04. The first-order valence-corrected chi connectivity index (χ1v) is 10.6. The maximum Gasteiger partial charge on any atom is 0.416 e. The van der Waals surface area contributed by atoms with E-state index in [4.69, 9.17) is 9.47 Å². The van der Waals surface area contributed by atoms with Crippen molar-refractivity contribution >= 4 is 40.6 Å². The first kappa shape index (κ1) is 24.9. The summed E-state index contributed by atoms with van der Waals surface area (Å²) in [7, 11) is 1.46. The Morgan fingerprint density at radius 2 is 1.94 bits per heavy atom. The Morgan fingerprint density at radius 3 is 2.62 bits per heavy atom. The van der Waals surface area contributed by atoms with E-state index in [0.29, 0.717) is 28.8 Å². The zero-order chi connectivity index (χ0) is 24.9. The molecule has 1 aliphatic heterocycles. The minimum absolute atomic E-state index is 0.0821. The normalized spacial score (nSPS) is 14.9. The molecule has 11 heteroatoms. The van der Waals surface area contributed by atoms with Gasteiger partial charge in [-0.1, -0.05) is 24.8 Å². The molecule has 0 radical (unpaired) electrons. The Labute approximate surface area is 197 Å². The third-order valence-electron chi connectivity index (χ3n) is 4.49. The van der Waals surface area contributed by atoms with Gasteiger partial charge in [0.05, 0.1) is 17.6 Å². The van der Waals surface area contributed by atoms with Gasteiger partial charge in [0.15, 0.2) is 11.5 Å². The Hall–Kier alpha value is -3.73. The highest BCUT2D eigenvalue weighted by Crippen LogP contribution is 2.35. The summed E-state index contributed by atoms with van der Waals surface area (Å²) < 4.78 is 49.3. The molecule has 0 bridgehead atoms. The third-order valence-corrected chi connectivity index (χ3v) is 5.40. The fourth-order valence-corrected chi connectivity index (χ4v) is 3.79. The standard InChI is InChI=1S/C23H19F3N2O5S/c1-3-9-33-17-8-7-14(10-18(17)32-2)11-19-21(30)28(22(31)34-19)13-20(29)27-16-6-4-5-15(12-16)23(24,25)26/h3-8,10-12H,1,9,13H2,2H3,(H,27,29)/b19-11-. The molecule has 0 aliphatic carbocycles. The SMILES string of the molecule is C=CCOc1ccc(/C=C2\SC(=O)N(CC(=O)Nc3cccc(C(F)(F)F)c3)C2=O)cc1OC. The van der Waals surface area contributed by atoms with Crippen molar-refractivity contribution < 1.29 is 37.0 Å². The molecule has 1 heterocycles. The van der Waals surface area contributed by atoms with Crippen LogP contribution in [0.15, 0.2) is 60.0 Å². The molecule has 34 heavy (non-hydrogen) atoms. The second kappa shape index (κ2) is 10.5. The number of nitrogens with zero attached hydrogens (tertiary/aromatic N) is 1. The summed E-state index contributed by atoms with van der Waals surface area (Å²) in [4.78, 5) is 38.1. The fraction of sp³-hybridized carbons (Fsp3) is 0.174. The van der Waals surface area contributed by atoms with Crippen molar-refractivity contribution in [2.45, 2.75) is 6.18 Å². The van der Waals surface area contributed by atoms with Crippen LogP contribution in [0.2, 0.25) is 0 Å². The molecule has 3 amide bonds. The third kappa shape index (κ3) is 5.98. The number of alkyl halides is 3. The second-order valence-corrected chi connectivity index (χ2v) is 7.90. The summed E-state index contributed by atoms with van der Waals surface area (Å²) >= 11 is 0.647. The molecule has 7 nitrogen and oxygen atoms in total. The molecule has 1 fully saturated rings. The van der Waals surface area contributed by atoms with Crippen molar-refractivity contribution in [3.63, 3.8) is 0 Å². The van der Waals surface area contributed by atoms with Crippen molar-refractivity contribution in [1.82, 2.24) is 4.90 Å². The van der Waals surface area contributed by atoms with Crippen LogP contribution in [0.3, 0.4) is 0 Å². The van der Waals surface area contributed by atoms with Crippen LogP contribution in [0.1, 0.15) is 11.1 Å². The number of halogens is 3. The molecule has 178 valence electrons. The van der Waals surface area contributed by atoms with Gasteiger partial charge in [-0.3, -0.25) is 19.3 Å². The van der Waals surface area contributed by atoms with Crippen LogP contribution in [0.4, 0.5) is 23.7 Å². The summed E-state index contributed by atoms with van der Waals surface area (Å²) in [5.41, 5.74) is -0.481. The van der Waals surface area contributed by atoms with E-state index in [9.17, 15) is 27.6 Å². The van der Waals surface area contributed by atoms with Gasteiger partial charge in [-0.25, -0.2) is 0 Å². The molecule has 0 aromatic heterocycles. The smallest absolute Gasteiger partial charge is 0.416 e. The first-order chi connectivity index (χ1) is 16.1. The Kier molecular flexibility index (Phi) is 7.67. The molecule has 3 rings (SSSR count). The maximum absolute atomic E-state index is 12.8. The fourth-order valence-electron chi connectivity index (χ4n) is 2.95. The number of rotatable bonds is 8. The van der Waals surface area contributed by atoms with E-state index in [1.165, 1.54) is 19.3 Å². The summed E-state index contributed by atoms with van der Waals surface area (Å²) in [6.45, 7) is 3.20. The number of nitrogens with one attached hydrogen (secondary N) is 1. The number of hydrogen-bond acceptors (Lipinski definition) is 6. The molecule has 0 saturated carbocycles. The lowest BCUT2D eigenvalue weighted by atomic mass is 10.2. The maximum atomic E-state index is 12.8. The van der Waals surface area contributed by atoms with Crippen LogP contribution in [0.5, 0.6) is 11.5 Å². The van der Waals surface area contributed by atoms with Crippen molar-refractivity contribution in [1.29, 1.82) is 0 Å². The Morgan fingerprint density at radius 1 is 1.18 bits per heavy atom. The predicted molar refractivity (Wildman–Crippen MR) is 121 cm³/mol. The van der Waals surface area contributed by atoms with E-state index in [2.05, 4.69) is 11.9 Å². The van der Waals surface area contributed by atoms with Gasteiger partial charge in [0.25, 0.3) is 11.1 Å². The Balaban J connectivity index is 1.70. The minimum Gasteiger partial charge on any atom is -0.493 e. The minimum atomic E-state index is -4.57. The van der Waals surface area contributed by atoms with Crippen LogP contribution in [0, 0.1) is 0 Å². The number of carbonyl (C=O) groups is 3. The first-order valence-electron chi connectivity index (χ1n) is 9.76. The highest BCUT2D eigenvalue weighted by Gasteiger charge is 2.36. The average molecular weight is 492 g/mol. The van der Waals surface area contributed by atoms with Crippen LogP contribution in [0.25, 0.3) is 6.08 Å². The van der Waals surface area contributed by atoms with Gasteiger partial charge in [-0.05, 0) is 53.7 Å². The van der Waals surface area contributed by atoms with Gasteiger partial charge < -0.3 is 14.8 Å². The number of thioether (sulfide) groups is 1. The summed E-state index contributed by atoms with van der Waals surface area (Å²) in [6.07, 6.45) is -1.53. The molecule has 2 aromatic carbocycles. The number of carbonyl (C=O) groups excluding carboxylic acids is 3. The lowest BCUT2D eigenvalue weighted by molar-refractivity contribution is -0.137. The van der Waals surface area contributed by atoms with Gasteiger partial charge in [0.1, 0.15) is 13.2 Å². The number of imide groups is 1. The van der Waals surface area contributed by atoms with E-state index in [1.807, 2.05) is 0 Å². The number of ether oxygens (including phenoxy) is 2. The van der Waals surface area contributed by atoms with Crippen molar-refractivity contribution in [2.24, 2.45) is 0 Å². The van der Waals surface area contributed by atoms with Gasteiger partial charge in [0, 0.05) is 5.69 Å². The van der Waals surface area contributed by atoms with Crippen molar-refractivity contribution in [3.8, 4) is 11.5 Å². The van der Waals surface area contributed by atoms with Gasteiger partial charge in [-0.2, -0.15) is 13.2 Å². The number of methoxy groups -OCH3 is 1. The molecule has 0 spiro atoms. The molecule has 1 N–H and O–H groups in total. The predicted octanol–water partition coefficient (Wildman–Crippen LogP) is 4.95. The lowest BCUT2D eigenvalue weighted by Crippen LogP contribution is -2.36. The molecule has 0 atom stereocenters. The number of hydrogen-bond donors (Lipinski definition) is 1. The quantitative estimate of drug-likeness (QED) is 0.415. The topological polar surface area (TPSA) is 84.9 Å². The van der Waals surface area contributed by atoms with Gasteiger partial charge >= 0.3 is 6.18 Å². The summed E-state index contributed by atoms with van der Waals surface area (Å²) in [5.74, 6) is -0.623. The number of amides is 3. The van der Waals surface area contributed by atoms with E-state index >= 15 is 0 Å². The highest BCUT2D eigenvalue weighted by molar-refractivity contribution is 8.18. The molecular formula is C23H19F3N2O5S. The van der Waals surface area contributed by atoms with Crippen molar-refractivity contribution in [3.05, 3.63) is 71.2 Å². The zero-order valence-electron chi connectivity index (χ0n) is 17.8. The van der Waals surface area contributed by atoms with Gasteiger partial charge in [-0.15, -0.1) is 0 Å². The highest BCUT2D eigenvalue weighted by atomic mass is 32.2. The Bertz CT molecular complexity index is 1160. The van der Waals surface area contributed by atoms with Crippen LogP contribution in [-0.4, -0.2) is 42.2 Å². The monoisotopic (exact) mass is 492 g/mol. The molecular weight excluding hydrogens is 473 g/mol. The van der Waals surface area contributed by atoms with Crippen LogP contribution >= 0.6 is 11.8 Å². The van der Waals surface area contributed by atoms with E-state index in [-0.39, 0.29) is 17.2 Å². The lowest BCUT2D eigenvalue weighted by Gasteiger charge is -2.13. The summed E-state index contributed by atoms with van der Waals surface area (Å²) in [5, 5.41) is 1.60. The van der Waals surface area contributed by atoms with Crippen LogP contribution in [-0.2, 0) is 15.8 Å². The van der Waals surface area contributed by atoms with E-state index in [0.717, 1.165) is 23.1 Å². The van der Waals surface area contributed by atoms with Crippen molar-refractivity contribution in [2.75, 3.05) is 25.6 Å². The largest absolute Gasteiger partial charge is 0.493 e. The molecule has 1 saturated heterocycles. The van der Waals surface area contributed by atoms with Crippen LogP contribution < -0.4 is 14.8 Å².